The fourth-order valence-corrected chi connectivity index (χ4v) is 5.66. The van der Waals surface area contributed by atoms with Crippen LogP contribution in [0.4, 0.5) is 5.82 Å². The smallest absolute Gasteiger partial charge is 0.309 e. The lowest BCUT2D eigenvalue weighted by molar-refractivity contribution is 0.242. The quantitative estimate of drug-likeness (QED) is 0.535. The van der Waals surface area contributed by atoms with Gasteiger partial charge in [-0.05, 0) is 45.4 Å². The summed E-state index contributed by atoms with van der Waals surface area (Å²) in [5.41, 5.74) is 3.05. The summed E-state index contributed by atoms with van der Waals surface area (Å²) in [5.74, 6) is 2.24. The maximum absolute atomic E-state index is 13.5. The Morgan fingerprint density at radius 1 is 1.07 bits per heavy atom. The molecule has 1 aromatic carbocycles. The molecule has 0 unspecified atom stereocenters. The largest absolute Gasteiger partial charge is 0.491 e. The Bertz CT molecular complexity index is 892. The number of aryl methyl sites for hydroxylation is 2. The van der Waals surface area contributed by atoms with E-state index >= 15 is 0 Å². The molecule has 2 aromatic rings. The van der Waals surface area contributed by atoms with Crippen LogP contribution in [0.5, 0.6) is 5.75 Å². The highest BCUT2D eigenvalue weighted by Gasteiger charge is 2.48. The van der Waals surface area contributed by atoms with E-state index in [9.17, 15) is 4.57 Å². The third kappa shape index (κ3) is 4.22. The molecular formula is C20H28N5O2P. The zero-order chi connectivity index (χ0) is 19.9. The molecule has 7 nitrogen and oxygen atoms in total. The zero-order valence-corrected chi connectivity index (χ0v) is 17.9. The summed E-state index contributed by atoms with van der Waals surface area (Å²) in [5, 5.41) is 3.32. The first-order valence-corrected chi connectivity index (χ1v) is 11.5. The summed E-state index contributed by atoms with van der Waals surface area (Å²) in [4.78, 5) is 9.17. The highest BCUT2D eigenvalue weighted by molar-refractivity contribution is 7.61. The summed E-state index contributed by atoms with van der Waals surface area (Å²) >= 11 is 0. The SMILES string of the molecule is Cc1nc(C)c(Cc2ccc(OC(C)C)cc2)c(NP(=O)(N2CC2)N2CC2)n1. The van der Waals surface area contributed by atoms with Crippen molar-refractivity contribution in [3.8, 4) is 5.75 Å². The monoisotopic (exact) mass is 401 g/mol. The number of hydrogen-bond acceptors (Lipinski definition) is 4. The summed E-state index contributed by atoms with van der Waals surface area (Å²) in [6, 6.07) is 8.11. The van der Waals surface area contributed by atoms with Gasteiger partial charge in [0.05, 0.1) is 6.10 Å². The fourth-order valence-electron chi connectivity index (χ4n) is 3.29. The normalized spacial score (nSPS) is 17.0. The van der Waals surface area contributed by atoms with Crippen molar-refractivity contribution >= 4 is 13.4 Å². The van der Waals surface area contributed by atoms with E-state index in [2.05, 4.69) is 27.2 Å². The van der Waals surface area contributed by atoms with Gasteiger partial charge in [-0.2, -0.15) is 0 Å². The van der Waals surface area contributed by atoms with Crippen LogP contribution < -0.4 is 9.82 Å². The molecule has 150 valence electrons. The van der Waals surface area contributed by atoms with Crippen molar-refractivity contribution in [2.45, 2.75) is 40.2 Å². The summed E-state index contributed by atoms with van der Waals surface area (Å²) in [6.07, 6.45) is 0.828. The maximum atomic E-state index is 13.5. The van der Waals surface area contributed by atoms with Crippen LogP contribution in [0.3, 0.4) is 0 Å². The number of rotatable bonds is 8. The summed E-state index contributed by atoms with van der Waals surface area (Å²) in [6.45, 7) is 11.4. The van der Waals surface area contributed by atoms with Crippen LogP contribution in [0.25, 0.3) is 0 Å². The molecule has 3 heterocycles. The standard InChI is InChI=1S/C20H28N5O2P/c1-14(2)27-18-7-5-17(6-8-18)13-19-15(3)21-16(4)22-20(19)23-28(26,24-9-10-24)25-11-12-25/h5-8,14H,9-13H2,1-4H3,(H,21,22,23,26). The third-order valence-electron chi connectivity index (χ3n) is 4.87. The van der Waals surface area contributed by atoms with Gasteiger partial charge in [-0.3, -0.25) is 9.65 Å². The minimum Gasteiger partial charge on any atom is -0.491 e. The number of nitrogens with one attached hydrogen (secondary N) is 1. The van der Waals surface area contributed by atoms with Gasteiger partial charge >= 0.3 is 7.59 Å². The first-order valence-electron chi connectivity index (χ1n) is 9.84. The van der Waals surface area contributed by atoms with Crippen LogP contribution in [0, 0.1) is 13.8 Å². The molecule has 0 saturated carbocycles. The van der Waals surface area contributed by atoms with Crippen LogP contribution in [0.15, 0.2) is 24.3 Å². The molecule has 0 radical (unpaired) electrons. The van der Waals surface area contributed by atoms with Crippen LogP contribution in [-0.4, -0.2) is 51.6 Å². The Kier molecular flexibility index (Phi) is 5.17. The average molecular weight is 401 g/mol. The third-order valence-corrected chi connectivity index (χ3v) is 7.70. The predicted octanol–water partition coefficient (Wildman–Crippen LogP) is 3.62. The Balaban J connectivity index is 1.60. The van der Waals surface area contributed by atoms with E-state index in [0.29, 0.717) is 18.1 Å². The first kappa shape index (κ1) is 19.4. The van der Waals surface area contributed by atoms with Crippen LogP contribution in [0.2, 0.25) is 0 Å². The minimum absolute atomic E-state index is 0.151. The number of nitrogens with zero attached hydrogens (tertiary/aromatic N) is 4. The molecule has 0 atom stereocenters. The highest BCUT2D eigenvalue weighted by atomic mass is 31.2. The van der Waals surface area contributed by atoms with Gasteiger partial charge in [0.2, 0.25) is 0 Å². The number of benzene rings is 1. The van der Waals surface area contributed by atoms with Crippen molar-refractivity contribution in [2.75, 3.05) is 31.3 Å². The Morgan fingerprint density at radius 3 is 2.21 bits per heavy atom. The Hall–Kier alpha value is -1.95. The molecule has 8 heteroatoms. The van der Waals surface area contributed by atoms with Crippen molar-refractivity contribution in [1.82, 2.24) is 19.3 Å². The molecule has 2 aliphatic rings. The topological polar surface area (TPSA) is 70.1 Å². The number of aromatic nitrogens is 2. The summed E-state index contributed by atoms with van der Waals surface area (Å²) in [7, 11) is -2.75. The predicted molar refractivity (Wildman–Crippen MR) is 111 cm³/mol. The molecule has 2 aliphatic heterocycles. The second kappa shape index (κ2) is 7.47. The van der Waals surface area contributed by atoms with Gasteiger partial charge < -0.3 is 4.74 Å². The van der Waals surface area contributed by atoms with Crippen LogP contribution in [0.1, 0.15) is 36.5 Å². The van der Waals surface area contributed by atoms with E-state index in [1.165, 1.54) is 0 Å². The summed E-state index contributed by atoms with van der Waals surface area (Å²) < 4.78 is 23.3. The lowest BCUT2D eigenvalue weighted by Gasteiger charge is -2.23. The maximum Gasteiger partial charge on any atom is 0.309 e. The molecule has 4 rings (SSSR count). The van der Waals surface area contributed by atoms with Crippen molar-refractivity contribution in [3.05, 3.63) is 46.9 Å². The molecule has 28 heavy (non-hydrogen) atoms. The molecule has 2 saturated heterocycles. The second-order valence-electron chi connectivity index (χ2n) is 7.73. The van der Waals surface area contributed by atoms with E-state index in [-0.39, 0.29) is 6.10 Å². The van der Waals surface area contributed by atoms with Gasteiger partial charge in [0.15, 0.2) is 0 Å². The van der Waals surface area contributed by atoms with Crippen molar-refractivity contribution in [2.24, 2.45) is 0 Å². The van der Waals surface area contributed by atoms with Crippen molar-refractivity contribution in [3.63, 3.8) is 0 Å². The first-order chi connectivity index (χ1) is 13.3. The van der Waals surface area contributed by atoms with E-state index < -0.39 is 7.59 Å². The molecule has 0 spiro atoms. The van der Waals surface area contributed by atoms with Crippen LogP contribution in [-0.2, 0) is 11.0 Å². The van der Waals surface area contributed by atoms with Gasteiger partial charge in [-0.15, -0.1) is 0 Å². The van der Waals surface area contributed by atoms with Gasteiger partial charge in [0.25, 0.3) is 0 Å². The molecule has 2 fully saturated rings. The van der Waals surface area contributed by atoms with Gasteiger partial charge in [-0.25, -0.2) is 19.3 Å². The second-order valence-corrected chi connectivity index (χ2v) is 10.2. The molecule has 0 amide bonds. The van der Waals surface area contributed by atoms with E-state index in [1.54, 1.807) is 0 Å². The van der Waals surface area contributed by atoms with Gasteiger partial charge in [0.1, 0.15) is 17.4 Å². The van der Waals surface area contributed by atoms with Crippen molar-refractivity contribution in [1.29, 1.82) is 0 Å². The van der Waals surface area contributed by atoms with Gasteiger partial charge in [0, 0.05) is 43.9 Å². The Labute approximate surface area is 166 Å². The molecule has 0 aliphatic carbocycles. The Morgan fingerprint density at radius 2 is 1.68 bits per heavy atom. The highest BCUT2D eigenvalue weighted by Crippen LogP contribution is 2.59. The molecule has 1 N–H and O–H groups in total. The fraction of sp³-hybridized carbons (Fsp3) is 0.500. The van der Waals surface area contributed by atoms with E-state index in [4.69, 9.17) is 4.74 Å². The van der Waals surface area contributed by atoms with Gasteiger partial charge in [-0.1, -0.05) is 12.1 Å². The van der Waals surface area contributed by atoms with Crippen LogP contribution >= 0.6 is 7.59 Å². The zero-order valence-electron chi connectivity index (χ0n) is 17.0. The van der Waals surface area contributed by atoms with E-state index in [1.807, 2.05) is 49.2 Å². The number of hydrogen-bond donors (Lipinski definition) is 1. The number of ether oxygens (including phenoxy) is 1. The van der Waals surface area contributed by atoms with E-state index in [0.717, 1.165) is 48.7 Å². The molecule has 0 bridgehead atoms. The minimum atomic E-state index is -2.75. The molecular weight excluding hydrogens is 373 g/mol. The molecule has 1 aromatic heterocycles. The van der Waals surface area contributed by atoms with Crippen molar-refractivity contribution < 1.29 is 9.30 Å². The lowest BCUT2D eigenvalue weighted by Crippen LogP contribution is -2.16. The lowest BCUT2D eigenvalue weighted by atomic mass is 10.0. The number of anilines is 1. The average Bonchev–Trinajstić information content (AvgIpc) is 3.51.